The van der Waals surface area contributed by atoms with E-state index in [-0.39, 0.29) is 28.7 Å². The van der Waals surface area contributed by atoms with E-state index in [9.17, 15) is 14.9 Å². The zero-order valence-electron chi connectivity index (χ0n) is 17.5. The minimum atomic E-state index is -0.561. The van der Waals surface area contributed by atoms with Crippen LogP contribution in [0.25, 0.3) is 10.2 Å². The Labute approximate surface area is 196 Å². The fourth-order valence-electron chi connectivity index (χ4n) is 3.24. The molecule has 3 aromatic rings. The highest BCUT2D eigenvalue weighted by atomic mass is 35.5. The van der Waals surface area contributed by atoms with Crippen LogP contribution in [0.4, 0.5) is 10.8 Å². The third-order valence-corrected chi connectivity index (χ3v) is 6.28. The molecule has 10 heteroatoms. The summed E-state index contributed by atoms with van der Waals surface area (Å²) in [5, 5.41) is 12.3. The Bertz CT molecular complexity index is 1090. The Morgan fingerprint density at radius 2 is 1.90 bits per heavy atom. The number of aromatic nitrogens is 1. The summed E-state index contributed by atoms with van der Waals surface area (Å²) in [7, 11) is 0. The Hall–Kier alpha value is -2.26. The first-order valence-corrected chi connectivity index (χ1v) is 10.9. The topological polar surface area (TPSA) is 79.6 Å². The van der Waals surface area contributed by atoms with E-state index < -0.39 is 10.8 Å². The number of carbonyl (C=O) groups is 1. The van der Waals surface area contributed by atoms with Crippen molar-refractivity contribution in [1.82, 2.24) is 9.88 Å². The summed E-state index contributed by atoms with van der Waals surface area (Å²) in [5.41, 5.74) is 1.54. The molecule has 0 radical (unpaired) electrons. The maximum Gasteiger partial charge on any atom is 0.282 e. The predicted octanol–water partition coefficient (Wildman–Crippen LogP) is 5.58. The molecule has 0 unspecified atom stereocenters. The first kappa shape index (κ1) is 25.0. The van der Waals surface area contributed by atoms with Gasteiger partial charge in [0.25, 0.3) is 11.6 Å². The largest absolute Gasteiger partial charge is 0.302 e. The molecule has 7 nitrogen and oxygen atoms in total. The molecule has 3 rings (SSSR count). The van der Waals surface area contributed by atoms with Crippen LogP contribution in [0.1, 0.15) is 29.8 Å². The van der Waals surface area contributed by atoms with Gasteiger partial charge in [-0.05, 0) is 43.8 Å². The summed E-state index contributed by atoms with van der Waals surface area (Å²) in [4.78, 5) is 32.8. The lowest BCUT2D eigenvalue weighted by Crippen LogP contribution is -2.39. The van der Waals surface area contributed by atoms with Crippen LogP contribution in [-0.2, 0) is 0 Å². The van der Waals surface area contributed by atoms with Gasteiger partial charge in [0.15, 0.2) is 5.13 Å². The molecule has 166 valence electrons. The van der Waals surface area contributed by atoms with E-state index in [1.165, 1.54) is 34.4 Å². The number of anilines is 1. The van der Waals surface area contributed by atoms with Crippen LogP contribution in [0.3, 0.4) is 0 Å². The Morgan fingerprint density at radius 1 is 1.19 bits per heavy atom. The Kier molecular flexibility index (Phi) is 8.76. The van der Waals surface area contributed by atoms with Gasteiger partial charge in [-0.1, -0.05) is 48.9 Å². The number of carbonyl (C=O) groups excluding carboxylic acids is 1. The fourth-order valence-corrected chi connectivity index (χ4v) is 4.48. The number of halogens is 2. The van der Waals surface area contributed by atoms with Crippen molar-refractivity contribution in [2.24, 2.45) is 0 Å². The molecule has 0 aliphatic carbocycles. The average Bonchev–Trinajstić information content (AvgIpc) is 3.16. The number of nitrogens with zero attached hydrogens (tertiary/aromatic N) is 4. The van der Waals surface area contributed by atoms with Crippen molar-refractivity contribution in [3.05, 3.63) is 62.7 Å². The van der Waals surface area contributed by atoms with Crippen molar-refractivity contribution < 1.29 is 9.72 Å². The van der Waals surface area contributed by atoms with E-state index in [2.05, 4.69) is 23.7 Å². The number of aryl methyl sites for hydroxylation is 1. The number of hydrogen-bond acceptors (Lipinski definition) is 6. The molecule has 0 spiro atoms. The first-order chi connectivity index (χ1) is 14.3. The van der Waals surface area contributed by atoms with Crippen molar-refractivity contribution >= 4 is 62.3 Å². The van der Waals surface area contributed by atoms with Gasteiger partial charge in [-0.15, -0.1) is 12.4 Å². The lowest BCUT2D eigenvalue weighted by atomic mass is 10.1. The normalized spacial score (nSPS) is 10.9. The minimum absolute atomic E-state index is 0. The number of benzene rings is 2. The van der Waals surface area contributed by atoms with Gasteiger partial charge < -0.3 is 4.90 Å². The standard InChI is InChI=1S/C21H23ClN4O3S.ClH/c1-4-24(5-2)11-12-25(21-23-19-14(3)7-6-8-18(19)30-21)20(27)16-13-15(22)9-10-17(16)26(28)29;/h6-10,13H,4-5,11-12H2,1-3H3;1H. The zero-order chi connectivity index (χ0) is 21.8. The molecule has 0 bridgehead atoms. The quantitative estimate of drug-likeness (QED) is 0.309. The number of fused-ring (bicyclic) bond motifs is 1. The minimum Gasteiger partial charge on any atom is -0.302 e. The van der Waals surface area contributed by atoms with Crippen molar-refractivity contribution in [1.29, 1.82) is 0 Å². The summed E-state index contributed by atoms with van der Waals surface area (Å²) in [6.45, 7) is 8.75. The van der Waals surface area contributed by atoms with Crippen LogP contribution >= 0.6 is 35.3 Å². The lowest BCUT2D eigenvalue weighted by molar-refractivity contribution is -0.385. The van der Waals surface area contributed by atoms with Crippen molar-refractivity contribution in [3.8, 4) is 0 Å². The predicted molar refractivity (Wildman–Crippen MR) is 129 cm³/mol. The molecule has 0 saturated carbocycles. The first-order valence-electron chi connectivity index (χ1n) is 9.70. The molecule has 0 aliphatic heterocycles. The number of hydrogen-bond donors (Lipinski definition) is 0. The van der Waals surface area contributed by atoms with Gasteiger partial charge in [0.1, 0.15) is 5.56 Å². The van der Waals surface area contributed by atoms with Gasteiger partial charge in [0.2, 0.25) is 0 Å². The number of nitro groups is 1. The van der Waals surface area contributed by atoms with Gasteiger partial charge in [-0.2, -0.15) is 0 Å². The summed E-state index contributed by atoms with van der Waals surface area (Å²) in [5.74, 6) is -0.479. The summed E-state index contributed by atoms with van der Waals surface area (Å²) >= 11 is 7.46. The van der Waals surface area contributed by atoms with Crippen molar-refractivity contribution in [3.63, 3.8) is 0 Å². The number of thiazole rings is 1. The van der Waals surface area contributed by atoms with E-state index in [1.807, 2.05) is 25.1 Å². The summed E-state index contributed by atoms with van der Waals surface area (Å²) < 4.78 is 0.964. The van der Waals surface area contributed by atoms with Gasteiger partial charge in [-0.3, -0.25) is 19.8 Å². The maximum atomic E-state index is 13.5. The van der Waals surface area contributed by atoms with Gasteiger partial charge in [0, 0.05) is 24.2 Å². The Balaban J connectivity index is 0.00000341. The van der Waals surface area contributed by atoms with Crippen LogP contribution in [0.5, 0.6) is 0 Å². The van der Waals surface area contributed by atoms with Crippen LogP contribution in [-0.4, -0.2) is 46.9 Å². The number of likely N-dealkylation sites (N-methyl/N-ethyl adjacent to an activating group) is 1. The molecular weight excluding hydrogens is 459 g/mol. The van der Waals surface area contributed by atoms with Crippen LogP contribution in [0.2, 0.25) is 5.02 Å². The monoisotopic (exact) mass is 482 g/mol. The summed E-state index contributed by atoms with van der Waals surface area (Å²) in [6.07, 6.45) is 0. The molecular formula is C21H24Cl2N4O3S. The molecule has 31 heavy (non-hydrogen) atoms. The van der Waals surface area contributed by atoms with E-state index in [1.54, 1.807) is 0 Å². The average molecular weight is 483 g/mol. The van der Waals surface area contributed by atoms with Crippen molar-refractivity contribution in [2.45, 2.75) is 20.8 Å². The summed E-state index contributed by atoms with van der Waals surface area (Å²) in [6, 6.07) is 9.90. The van der Waals surface area contributed by atoms with Crippen molar-refractivity contribution in [2.75, 3.05) is 31.1 Å². The second-order valence-corrected chi connectivity index (χ2v) is 8.27. The number of rotatable bonds is 8. The third kappa shape index (κ3) is 5.51. The zero-order valence-corrected chi connectivity index (χ0v) is 19.9. The number of para-hydroxylation sites is 1. The molecule has 1 aromatic heterocycles. The molecule has 0 N–H and O–H groups in total. The number of amides is 1. The third-order valence-electron chi connectivity index (χ3n) is 5.01. The van der Waals surface area contributed by atoms with Crippen LogP contribution < -0.4 is 4.90 Å². The van der Waals surface area contributed by atoms with E-state index in [0.717, 1.165) is 28.9 Å². The van der Waals surface area contributed by atoms with Gasteiger partial charge in [-0.25, -0.2) is 4.98 Å². The molecule has 2 aromatic carbocycles. The molecule has 0 fully saturated rings. The lowest BCUT2D eigenvalue weighted by Gasteiger charge is -2.24. The fraction of sp³-hybridized carbons (Fsp3) is 0.333. The molecule has 0 atom stereocenters. The number of nitro benzene ring substituents is 1. The van der Waals surface area contributed by atoms with Crippen LogP contribution in [0.15, 0.2) is 36.4 Å². The highest BCUT2D eigenvalue weighted by molar-refractivity contribution is 7.22. The second-order valence-electron chi connectivity index (χ2n) is 6.82. The SMILES string of the molecule is CCN(CC)CCN(C(=O)c1cc(Cl)ccc1[N+](=O)[O-])c1nc2c(C)cccc2s1.Cl. The van der Waals surface area contributed by atoms with Crippen LogP contribution in [0, 0.1) is 17.0 Å². The molecule has 0 saturated heterocycles. The smallest absolute Gasteiger partial charge is 0.282 e. The van der Waals surface area contributed by atoms with Gasteiger partial charge >= 0.3 is 0 Å². The van der Waals surface area contributed by atoms with Gasteiger partial charge in [0.05, 0.1) is 15.1 Å². The van der Waals surface area contributed by atoms with E-state index in [0.29, 0.717) is 18.2 Å². The van der Waals surface area contributed by atoms with E-state index in [4.69, 9.17) is 11.6 Å². The Morgan fingerprint density at radius 3 is 2.52 bits per heavy atom. The highest BCUT2D eigenvalue weighted by Gasteiger charge is 2.28. The second kappa shape index (κ2) is 10.9. The molecule has 0 aliphatic rings. The molecule has 1 heterocycles. The maximum absolute atomic E-state index is 13.5. The van der Waals surface area contributed by atoms with E-state index >= 15 is 0 Å². The highest BCUT2D eigenvalue weighted by Crippen LogP contribution is 2.33. The molecule has 1 amide bonds.